The Balaban J connectivity index is 2.11. The van der Waals surface area contributed by atoms with E-state index in [1.165, 1.54) is 7.11 Å². The first kappa shape index (κ1) is 15.9. The second kappa shape index (κ2) is 6.28. The number of carbonyl (C=O) groups is 1. The predicted molar refractivity (Wildman–Crippen MR) is 87.5 cm³/mol. The first-order chi connectivity index (χ1) is 11.1. The molecule has 1 aromatic rings. The quantitative estimate of drug-likeness (QED) is 0.848. The van der Waals surface area contributed by atoms with Crippen LogP contribution in [-0.4, -0.2) is 39.3 Å². The van der Waals surface area contributed by atoms with E-state index in [2.05, 4.69) is 9.89 Å². The zero-order chi connectivity index (χ0) is 16.6. The van der Waals surface area contributed by atoms with Crippen LogP contribution in [0.15, 0.2) is 11.1 Å². The van der Waals surface area contributed by atoms with E-state index in [0.717, 1.165) is 30.6 Å². The SMILES string of the molecule is CCOC1=NC(=O)C(c2c(OC)c(Cl)cc3c2N(C)CCC3)O1. The van der Waals surface area contributed by atoms with E-state index < -0.39 is 12.0 Å². The van der Waals surface area contributed by atoms with Gasteiger partial charge in [0.1, 0.15) is 5.75 Å². The van der Waals surface area contributed by atoms with Gasteiger partial charge in [0.2, 0.25) is 6.10 Å². The van der Waals surface area contributed by atoms with Crippen LogP contribution in [0.25, 0.3) is 0 Å². The molecule has 2 aliphatic rings. The summed E-state index contributed by atoms with van der Waals surface area (Å²) >= 11 is 6.36. The fourth-order valence-corrected chi connectivity index (χ4v) is 3.42. The molecule has 0 saturated carbocycles. The number of aliphatic imine (C=N–C) groups is 1. The summed E-state index contributed by atoms with van der Waals surface area (Å²) in [4.78, 5) is 18.3. The highest BCUT2D eigenvalue weighted by Gasteiger charge is 2.39. The van der Waals surface area contributed by atoms with Gasteiger partial charge in [0.15, 0.2) is 0 Å². The number of anilines is 1. The summed E-state index contributed by atoms with van der Waals surface area (Å²) in [6, 6.07) is 1.90. The Bertz CT molecular complexity index is 675. The van der Waals surface area contributed by atoms with Gasteiger partial charge in [-0.1, -0.05) is 11.6 Å². The highest BCUT2D eigenvalue weighted by Crippen LogP contribution is 2.46. The number of amides is 1. The molecule has 2 aliphatic heterocycles. The highest BCUT2D eigenvalue weighted by atomic mass is 35.5. The van der Waals surface area contributed by atoms with Gasteiger partial charge < -0.3 is 19.1 Å². The van der Waals surface area contributed by atoms with Crippen LogP contribution in [0.1, 0.15) is 30.6 Å². The van der Waals surface area contributed by atoms with Crippen molar-refractivity contribution in [3.05, 3.63) is 22.2 Å². The number of aryl methyl sites for hydroxylation is 1. The van der Waals surface area contributed by atoms with Crippen LogP contribution in [0.5, 0.6) is 5.75 Å². The molecular formula is C16H19ClN2O4. The van der Waals surface area contributed by atoms with Gasteiger partial charge in [0.25, 0.3) is 5.91 Å². The van der Waals surface area contributed by atoms with Crippen molar-refractivity contribution in [1.82, 2.24) is 0 Å². The number of methoxy groups -OCH3 is 1. The van der Waals surface area contributed by atoms with E-state index in [0.29, 0.717) is 22.9 Å². The Labute approximate surface area is 140 Å². The molecule has 1 atom stereocenters. The lowest BCUT2D eigenvalue weighted by Gasteiger charge is -2.32. The third-order valence-corrected chi connectivity index (χ3v) is 4.30. The first-order valence-corrected chi connectivity index (χ1v) is 7.97. The lowest BCUT2D eigenvalue weighted by Crippen LogP contribution is -2.28. The first-order valence-electron chi connectivity index (χ1n) is 7.59. The molecule has 0 fully saturated rings. The lowest BCUT2D eigenvalue weighted by molar-refractivity contribution is -0.123. The molecule has 0 aromatic heterocycles. The predicted octanol–water partition coefficient (Wildman–Crippen LogP) is 2.72. The maximum atomic E-state index is 12.3. The van der Waals surface area contributed by atoms with Crippen molar-refractivity contribution in [2.24, 2.45) is 4.99 Å². The lowest BCUT2D eigenvalue weighted by atomic mass is 9.94. The van der Waals surface area contributed by atoms with Crippen LogP contribution in [0.4, 0.5) is 5.69 Å². The number of fused-ring (bicyclic) bond motifs is 1. The van der Waals surface area contributed by atoms with Crippen molar-refractivity contribution in [2.75, 3.05) is 32.2 Å². The number of benzene rings is 1. The van der Waals surface area contributed by atoms with Crippen molar-refractivity contribution in [1.29, 1.82) is 0 Å². The second-order valence-electron chi connectivity index (χ2n) is 5.49. The monoisotopic (exact) mass is 338 g/mol. The molecule has 0 bridgehead atoms. The maximum absolute atomic E-state index is 12.3. The van der Waals surface area contributed by atoms with Crippen LogP contribution in [0.2, 0.25) is 5.02 Å². The van der Waals surface area contributed by atoms with Crippen LogP contribution >= 0.6 is 11.6 Å². The van der Waals surface area contributed by atoms with Gasteiger partial charge in [-0.3, -0.25) is 4.79 Å². The minimum Gasteiger partial charge on any atom is -0.495 e. The minimum atomic E-state index is -0.889. The normalized spacial score (nSPS) is 20.0. The van der Waals surface area contributed by atoms with Crippen LogP contribution in [-0.2, 0) is 20.7 Å². The molecule has 124 valence electrons. The fraction of sp³-hybridized carbons (Fsp3) is 0.500. The number of rotatable bonds is 3. The summed E-state index contributed by atoms with van der Waals surface area (Å²) < 4.78 is 16.3. The number of nitrogens with zero attached hydrogens (tertiary/aromatic N) is 2. The van der Waals surface area contributed by atoms with Crippen molar-refractivity contribution in [3.63, 3.8) is 0 Å². The van der Waals surface area contributed by atoms with Gasteiger partial charge in [0, 0.05) is 13.6 Å². The minimum absolute atomic E-state index is 0.00302. The molecule has 1 amide bonds. The third-order valence-electron chi connectivity index (χ3n) is 4.02. The number of halogens is 1. The third kappa shape index (κ3) is 2.72. The van der Waals surface area contributed by atoms with Crippen LogP contribution in [0.3, 0.4) is 0 Å². The molecular weight excluding hydrogens is 320 g/mol. The van der Waals surface area contributed by atoms with Crippen molar-refractivity contribution in [3.8, 4) is 5.75 Å². The smallest absolute Gasteiger partial charge is 0.392 e. The Kier molecular flexibility index (Phi) is 4.35. The van der Waals surface area contributed by atoms with E-state index in [1.54, 1.807) is 6.92 Å². The summed E-state index contributed by atoms with van der Waals surface area (Å²) in [7, 11) is 3.52. The van der Waals surface area contributed by atoms with E-state index in [-0.39, 0.29) is 6.08 Å². The van der Waals surface area contributed by atoms with Gasteiger partial charge in [-0.15, -0.1) is 4.99 Å². The van der Waals surface area contributed by atoms with Gasteiger partial charge in [0.05, 0.1) is 30.0 Å². The van der Waals surface area contributed by atoms with Gasteiger partial charge in [-0.25, -0.2) is 0 Å². The fourth-order valence-electron chi connectivity index (χ4n) is 3.10. The Hall–Kier alpha value is -1.95. The molecule has 7 heteroatoms. The molecule has 3 rings (SSSR count). The summed E-state index contributed by atoms with van der Waals surface area (Å²) in [5.41, 5.74) is 2.64. The number of hydrogen-bond donors (Lipinski definition) is 0. The Morgan fingerprint density at radius 2 is 2.30 bits per heavy atom. The molecule has 2 heterocycles. The van der Waals surface area contributed by atoms with Crippen molar-refractivity contribution < 1.29 is 19.0 Å². The van der Waals surface area contributed by atoms with E-state index >= 15 is 0 Å². The maximum Gasteiger partial charge on any atom is 0.392 e. The standard InChI is InChI=1S/C16H19ClN2O4/c1-4-22-16-18-15(20)14(23-16)11-12-9(6-5-7-19(12)2)8-10(17)13(11)21-3/h8,14H,4-7H2,1-3H3. The molecule has 1 aromatic carbocycles. The number of carbonyl (C=O) groups excluding carboxylic acids is 1. The molecule has 23 heavy (non-hydrogen) atoms. The molecule has 0 aliphatic carbocycles. The van der Waals surface area contributed by atoms with Gasteiger partial charge in [-0.2, -0.15) is 0 Å². The van der Waals surface area contributed by atoms with E-state index in [9.17, 15) is 4.79 Å². The van der Waals surface area contributed by atoms with Crippen LogP contribution < -0.4 is 9.64 Å². The summed E-state index contributed by atoms with van der Waals surface area (Å²) in [5.74, 6) is 0.0423. The average molecular weight is 339 g/mol. The molecule has 0 spiro atoms. The van der Waals surface area contributed by atoms with Crippen molar-refractivity contribution in [2.45, 2.75) is 25.9 Å². The Morgan fingerprint density at radius 1 is 1.52 bits per heavy atom. The van der Waals surface area contributed by atoms with Gasteiger partial charge in [-0.05, 0) is 31.4 Å². The zero-order valence-corrected chi connectivity index (χ0v) is 14.1. The topological polar surface area (TPSA) is 60.4 Å². The molecule has 1 unspecified atom stereocenters. The largest absolute Gasteiger partial charge is 0.495 e. The zero-order valence-electron chi connectivity index (χ0n) is 13.4. The van der Waals surface area contributed by atoms with Crippen LogP contribution in [0, 0.1) is 0 Å². The molecule has 0 N–H and O–H groups in total. The molecule has 6 nitrogen and oxygen atoms in total. The average Bonchev–Trinajstić information content (AvgIpc) is 2.87. The molecule has 0 saturated heterocycles. The molecule has 0 radical (unpaired) electrons. The van der Waals surface area contributed by atoms with Crippen molar-refractivity contribution >= 4 is 29.3 Å². The second-order valence-corrected chi connectivity index (χ2v) is 5.89. The van der Waals surface area contributed by atoms with Gasteiger partial charge >= 0.3 is 6.08 Å². The summed E-state index contributed by atoms with van der Waals surface area (Å²) in [5, 5.41) is 0.470. The van der Waals surface area contributed by atoms with E-state index in [4.69, 9.17) is 25.8 Å². The number of hydrogen-bond acceptors (Lipinski definition) is 5. The Morgan fingerprint density at radius 3 is 3.00 bits per heavy atom. The summed E-state index contributed by atoms with van der Waals surface area (Å²) in [6.45, 7) is 3.08. The number of ether oxygens (including phenoxy) is 3. The highest BCUT2D eigenvalue weighted by molar-refractivity contribution is 6.32. The van der Waals surface area contributed by atoms with E-state index in [1.807, 2.05) is 13.1 Å². The summed E-state index contributed by atoms with van der Waals surface area (Å²) in [6.07, 6.45) is 1.04.